The summed E-state index contributed by atoms with van der Waals surface area (Å²) in [6.45, 7) is 0. The molecule has 0 saturated carbocycles. The molecule has 1 amide bonds. The minimum atomic E-state index is -0.392. The number of para-hydroxylation sites is 1. The highest BCUT2D eigenvalue weighted by Gasteiger charge is 2.07. The Morgan fingerprint density at radius 1 is 1.09 bits per heavy atom. The minimum Gasteiger partial charge on any atom is -0.266 e. The van der Waals surface area contributed by atoms with Gasteiger partial charge in [0, 0.05) is 16.0 Å². The molecule has 6 heteroatoms. The summed E-state index contributed by atoms with van der Waals surface area (Å²) >= 11 is 11.8. The van der Waals surface area contributed by atoms with Gasteiger partial charge in [-0.3, -0.25) is 4.79 Å². The second-order valence-electron chi connectivity index (χ2n) is 4.75. The van der Waals surface area contributed by atoms with Gasteiger partial charge in [-0.1, -0.05) is 53.5 Å². The number of rotatable bonds is 3. The van der Waals surface area contributed by atoms with Crippen molar-refractivity contribution >= 4 is 46.2 Å². The Balaban J connectivity index is 1.74. The zero-order valence-electron chi connectivity index (χ0n) is 11.8. The van der Waals surface area contributed by atoms with E-state index in [-0.39, 0.29) is 0 Å². The van der Waals surface area contributed by atoms with E-state index >= 15 is 0 Å². The highest BCUT2D eigenvalue weighted by atomic mass is 35.5. The fourth-order valence-electron chi connectivity index (χ4n) is 2.02. The highest BCUT2D eigenvalue weighted by molar-refractivity contribution is 6.36. The number of pyridine rings is 1. The Bertz CT molecular complexity index is 909. The van der Waals surface area contributed by atoms with E-state index in [1.165, 1.54) is 6.21 Å². The number of benzene rings is 2. The van der Waals surface area contributed by atoms with Crippen molar-refractivity contribution in [2.45, 2.75) is 0 Å². The maximum atomic E-state index is 12.1. The van der Waals surface area contributed by atoms with E-state index in [1.807, 2.05) is 30.3 Å². The third-order valence-corrected chi connectivity index (χ3v) is 3.73. The SMILES string of the molecule is O=C(NN=Cc1ccc(Cl)cc1Cl)c1ccc2ccccc2n1. The number of nitrogens with zero attached hydrogens (tertiary/aromatic N) is 2. The number of halogens is 2. The van der Waals surface area contributed by atoms with Gasteiger partial charge in [0.2, 0.25) is 0 Å². The maximum Gasteiger partial charge on any atom is 0.289 e. The van der Waals surface area contributed by atoms with Crippen molar-refractivity contribution in [3.05, 3.63) is 75.9 Å². The summed E-state index contributed by atoms with van der Waals surface area (Å²) in [5.74, 6) is -0.392. The molecule has 0 unspecified atom stereocenters. The quantitative estimate of drug-likeness (QED) is 0.569. The van der Waals surface area contributed by atoms with Crippen LogP contribution in [0.15, 0.2) is 59.7 Å². The van der Waals surface area contributed by atoms with Gasteiger partial charge in [0.05, 0.1) is 16.8 Å². The van der Waals surface area contributed by atoms with Crippen LogP contribution in [0, 0.1) is 0 Å². The molecular formula is C17H11Cl2N3O. The molecule has 0 spiro atoms. The molecule has 114 valence electrons. The van der Waals surface area contributed by atoms with Crippen LogP contribution in [-0.2, 0) is 0 Å². The lowest BCUT2D eigenvalue weighted by atomic mass is 10.2. The van der Waals surface area contributed by atoms with Crippen LogP contribution in [0.4, 0.5) is 0 Å². The molecule has 0 fully saturated rings. The van der Waals surface area contributed by atoms with Crippen LogP contribution in [0.1, 0.15) is 16.1 Å². The first-order valence-electron chi connectivity index (χ1n) is 6.78. The Kier molecular flexibility index (Phi) is 4.55. The second-order valence-corrected chi connectivity index (χ2v) is 5.60. The van der Waals surface area contributed by atoms with Gasteiger partial charge in [-0.2, -0.15) is 5.10 Å². The molecule has 3 rings (SSSR count). The predicted octanol–water partition coefficient (Wildman–Crippen LogP) is 4.31. The van der Waals surface area contributed by atoms with Crippen molar-refractivity contribution in [2.75, 3.05) is 0 Å². The number of carbonyl (C=O) groups excluding carboxylic acids is 1. The number of hydrogen-bond donors (Lipinski definition) is 1. The lowest BCUT2D eigenvalue weighted by molar-refractivity contribution is 0.0950. The lowest BCUT2D eigenvalue weighted by Crippen LogP contribution is -2.18. The van der Waals surface area contributed by atoms with Gasteiger partial charge in [0.25, 0.3) is 5.91 Å². The fraction of sp³-hybridized carbons (Fsp3) is 0. The van der Waals surface area contributed by atoms with Crippen molar-refractivity contribution in [3.63, 3.8) is 0 Å². The van der Waals surface area contributed by atoms with E-state index in [4.69, 9.17) is 23.2 Å². The first kappa shape index (κ1) is 15.5. The van der Waals surface area contributed by atoms with E-state index in [2.05, 4.69) is 15.5 Å². The van der Waals surface area contributed by atoms with Gasteiger partial charge < -0.3 is 0 Å². The van der Waals surface area contributed by atoms with Crippen molar-refractivity contribution in [2.24, 2.45) is 5.10 Å². The van der Waals surface area contributed by atoms with Crippen LogP contribution >= 0.6 is 23.2 Å². The van der Waals surface area contributed by atoms with Gasteiger partial charge in [0.1, 0.15) is 5.69 Å². The zero-order valence-corrected chi connectivity index (χ0v) is 13.3. The molecule has 0 aliphatic rings. The van der Waals surface area contributed by atoms with Gasteiger partial charge in [-0.05, 0) is 24.3 Å². The summed E-state index contributed by atoms with van der Waals surface area (Å²) in [5.41, 5.74) is 4.13. The number of hydrazone groups is 1. The lowest BCUT2D eigenvalue weighted by Gasteiger charge is -2.02. The molecule has 1 heterocycles. The van der Waals surface area contributed by atoms with Crippen LogP contribution in [0.25, 0.3) is 10.9 Å². The van der Waals surface area contributed by atoms with E-state index in [0.29, 0.717) is 21.3 Å². The summed E-state index contributed by atoms with van der Waals surface area (Å²) in [7, 11) is 0. The molecule has 0 bridgehead atoms. The zero-order chi connectivity index (χ0) is 16.2. The largest absolute Gasteiger partial charge is 0.289 e. The molecule has 0 atom stereocenters. The number of aromatic nitrogens is 1. The van der Waals surface area contributed by atoms with Gasteiger partial charge >= 0.3 is 0 Å². The fourth-order valence-corrected chi connectivity index (χ4v) is 2.47. The monoisotopic (exact) mass is 343 g/mol. The highest BCUT2D eigenvalue weighted by Crippen LogP contribution is 2.19. The molecule has 1 N–H and O–H groups in total. The van der Waals surface area contributed by atoms with Crippen molar-refractivity contribution < 1.29 is 4.79 Å². The number of carbonyl (C=O) groups is 1. The van der Waals surface area contributed by atoms with E-state index in [0.717, 1.165) is 10.9 Å². The van der Waals surface area contributed by atoms with E-state index < -0.39 is 5.91 Å². The molecule has 2 aromatic carbocycles. The number of amides is 1. The Morgan fingerprint density at radius 2 is 1.91 bits per heavy atom. The van der Waals surface area contributed by atoms with Crippen LogP contribution < -0.4 is 5.43 Å². The molecule has 0 aliphatic carbocycles. The normalized spacial score (nSPS) is 11.0. The second kappa shape index (κ2) is 6.77. The van der Waals surface area contributed by atoms with Crippen LogP contribution in [0.2, 0.25) is 10.0 Å². The van der Waals surface area contributed by atoms with Gasteiger partial charge in [-0.25, -0.2) is 10.4 Å². The van der Waals surface area contributed by atoms with Crippen LogP contribution in [0.5, 0.6) is 0 Å². The average molecular weight is 344 g/mol. The Hall–Kier alpha value is -2.43. The molecule has 4 nitrogen and oxygen atoms in total. The molecule has 1 aromatic heterocycles. The third kappa shape index (κ3) is 3.67. The van der Waals surface area contributed by atoms with E-state index in [9.17, 15) is 4.79 Å². The predicted molar refractivity (Wildman–Crippen MR) is 93.3 cm³/mol. The number of hydrogen-bond acceptors (Lipinski definition) is 3. The summed E-state index contributed by atoms with van der Waals surface area (Å²) in [6.07, 6.45) is 1.46. The molecular weight excluding hydrogens is 333 g/mol. The van der Waals surface area contributed by atoms with Crippen molar-refractivity contribution in [1.82, 2.24) is 10.4 Å². The van der Waals surface area contributed by atoms with Gasteiger partial charge in [-0.15, -0.1) is 0 Å². The van der Waals surface area contributed by atoms with Gasteiger partial charge in [0.15, 0.2) is 0 Å². The summed E-state index contributed by atoms with van der Waals surface area (Å²) in [6, 6.07) is 16.1. The molecule has 3 aromatic rings. The van der Waals surface area contributed by atoms with Crippen molar-refractivity contribution in [3.8, 4) is 0 Å². The first-order chi connectivity index (χ1) is 11.1. The number of nitrogens with one attached hydrogen (secondary N) is 1. The first-order valence-corrected chi connectivity index (χ1v) is 7.53. The van der Waals surface area contributed by atoms with Crippen molar-refractivity contribution in [1.29, 1.82) is 0 Å². The summed E-state index contributed by atoms with van der Waals surface area (Å²) < 4.78 is 0. The Labute approximate surface area is 142 Å². The summed E-state index contributed by atoms with van der Waals surface area (Å²) in [5, 5.41) is 5.87. The van der Waals surface area contributed by atoms with E-state index in [1.54, 1.807) is 24.3 Å². The average Bonchev–Trinajstić information content (AvgIpc) is 2.56. The maximum absolute atomic E-state index is 12.1. The number of fused-ring (bicyclic) bond motifs is 1. The standard InChI is InChI=1S/C17H11Cl2N3O/c18-13-7-5-12(14(19)9-13)10-20-22-17(23)16-8-6-11-3-1-2-4-15(11)21-16/h1-10H,(H,22,23). The molecule has 0 aliphatic heterocycles. The molecule has 0 radical (unpaired) electrons. The summed E-state index contributed by atoms with van der Waals surface area (Å²) in [4.78, 5) is 16.4. The van der Waals surface area contributed by atoms with Crippen LogP contribution in [0.3, 0.4) is 0 Å². The third-order valence-electron chi connectivity index (χ3n) is 3.16. The van der Waals surface area contributed by atoms with Crippen LogP contribution in [-0.4, -0.2) is 17.1 Å². The molecule has 23 heavy (non-hydrogen) atoms. The molecule has 0 saturated heterocycles. The Morgan fingerprint density at radius 3 is 2.74 bits per heavy atom. The topological polar surface area (TPSA) is 54.4 Å². The minimum absolute atomic E-state index is 0.294. The smallest absolute Gasteiger partial charge is 0.266 e.